The molecule has 2 N–H and O–H groups in total. The molecule has 0 aliphatic rings. The predicted molar refractivity (Wildman–Crippen MR) is 81.9 cm³/mol. The zero-order valence-electron chi connectivity index (χ0n) is 12.4. The van der Waals surface area contributed by atoms with Gasteiger partial charge in [-0.25, -0.2) is 0 Å². The van der Waals surface area contributed by atoms with Crippen molar-refractivity contribution in [3.8, 4) is 17.6 Å². The van der Waals surface area contributed by atoms with E-state index in [0.29, 0.717) is 13.2 Å². The summed E-state index contributed by atoms with van der Waals surface area (Å²) in [7, 11) is 1.72. The Kier molecular flexibility index (Phi) is 8.48. The van der Waals surface area contributed by atoms with Gasteiger partial charge in [-0.15, -0.1) is 0 Å². The van der Waals surface area contributed by atoms with E-state index in [1.807, 2.05) is 24.3 Å². The van der Waals surface area contributed by atoms with E-state index in [4.69, 9.17) is 15.2 Å². The molecule has 1 aromatic rings. The SMILES string of the molecule is CCN(CCOC)CCOc1ccc(C#CCN)cc1. The second-order valence-corrected chi connectivity index (χ2v) is 4.31. The summed E-state index contributed by atoms with van der Waals surface area (Å²) in [5, 5.41) is 0. The van der Waals surface area contributed by atoms with Gasteiger partial charge in [0.2, 0.25) is 0 Å². The monoisotopic (exact) mass is 276 g/mol. The van der Waals surface area contributed by atoms with E-state index in [2.05, 4.69) is 23.7 Å². The fraction of sp³-hybridized carbons (Fsp3) is 0.500. The van der Waals surface area contributed by atoms with Gasteiger partial charge in [0.05, 0.1) is 13.2 Å². The number of ether oxygens (including phenoxy) is 2. The maximum absolute atomic E-state index is 5.72. The molecule has 4 heteroatoms. The van der Waals surface area contributed by atoms with Gasteiger partial charge in [0.15, 0.2) is 0 Å². The topological polar surface area (TPSA) is 47.7 Å². The fourth-order valence-corrected chi connectivity index (χ4v) is 1.73. The van der Waals surface area contributed by atoms with E-state index in [0.717, 1.165) is 37.6 Å². The molecule has 0 aliphatic carbocycles. The summed E-state index contributed by atoms with van der Waals surface area (Å²) in [4.78, 5) is 2.30. The first-order valence-corrected chi connectivity index (χ1v) is 6.93. The molecule has 0 unspecified atom stereocenters. The number of nitrogens with two attached hydrogens (primary N) is 1. The molecule has 0 aromatic heterocycles. The molecular weight excluding hydrogens is 252 g/mol. The smallest absolute Gasteiger partial charge is 0.119 e. The Bertz CT molecular complexity index is 420. The Balaban J connectivity index is 2.34. The van der Waals surface area contributed by atoms with Crippen LogP contribution in [0.25, 0.3) is 0 Å². The molecule has 0 heterocycles. The van der Waals surface area contributed by atoms with Crippen LogP contribution in [0.4, 0.5) is 0 Å². The van der Waals surface area contributed by atoms with Gasteiger partial charge in [-0.05, 0) is 30.8 Å². The van der Waals surface area contributed by atoms with Crippen LogP contribution in [0.15, 0.2) is 24.3 Å². The highest BCUT2D eigenvalue weighted by atomic mass is 16.5. The molecule has 20 heavy (non-hydrogen) atoms. The summed E-state index contributed by atoms with van der Waals surface area (Å²) in [6.07, 6.45) is 0. The Labute approximate surface area is 121 Å². The molecule has 4 nitrogen and oxygen atoms in total. The molecule has 0 saturated heterocycles. The molecular formula is C16H24N2O2. The van der Waals surface area contributed by atoms with Crippen molar-refractivity contribution in [2.75, 3.05) is 46.5 Å². The maximum atomic E-state index is 5.72. The summed E-state index contributed by atoms with van der Waals surface area (Å²) < 4.78 is 10.8. The molecule has 0 bridgehead atoms. The van der Waals surface area contributed by atoms with Gasteiger partial charge in [-0.3, -0.25) is 4.90 Å². The van der Waals surface area contributed by atoms with Gasteiger partial charge < -0.3 is 15.2 Å². The zero-order valence-corrected chi connectivity index (χ0v) is 12.4. The maximum Gasteiger partial charge on any atom is 0.119 e. The number of methoxy groups -OCH3 is 1. The second-order valence-electron chi connectivity index (χ2n) is 4.31. The lowest BCUT2D eigenvalue weighted by molar-refractivity contribution is 0.138. The van der Waals surface area contributed by atoms with Crippen LogP contribution in [-0.4, -0.2) is 51.4 Å². The molecule has 0 amide bonds. The first-order chi connectivity index (χ1) is 9.80. The lowest BCUT2D eigenvalue weighted by atomic mass is 10.2. The molecule has 1 rings (SSSR count). The van der Waals surface area contributed by atoms with E-state index < -0.39 is 0 Å². The van der Waals surface area contributed by atoms with Crippen LogP contribution in [0.1, 0.15) is 12.5 Å². The highest BCUT2D eigenvalue weighted by Crippen LogP contribution is 2.11. The predicted octanol–water partition coefficient (Wildman–Crippen LogP) is 1.34. The molecule has 0 atom stereocenters. The number of likely N-dealkylation sites (N-methyl/N-ethyl adjacent to an activating group) is 1. The summed E-state index contributed by atoms with van der Waals surface area (Å²) >= 11 is 0. The Morgan fingerprint density at radius 1 is 1.15 bits per heavy atom. The van der Waals surface area contributed by atoms with Gasteiger partial charge in [0, 0.05) is 25.8 Å². The third-order valence-electron chi connectivity index (χ3n) is 2.92. The summed E-state index contributed by atoms with van der Waals surface area (Å²) in [5.41, 5.74) is 6.29. The lowest BCUT2D eigenvalue weighted by Crippen LogP contribution is -2.31. The summed E-state index contributed by atoms with van der Waals surface area (Å²) in [6, 6.07) is 7.76. The number of nitrogens with zero attached hydrogens (tertiary/aromatic N) is 1. The van der Waals surface area contributed by atoms with Crippen molar-refractivity contribution in [2.24, 2.45) is 5.73 Å². The Morgan fingerprint density at radius 2 is 1.85 bits per heavy atom. The Morgan fingerprint density at radius 3 is 2.45 bits per heavy atom. The van der Waals surface area contributed by atoms with Crippen molar-refractivity contribution >= 4 is 0 Å². The minimum Gasteiger partial charge on any atom is -0.492 e. The molecule has 0 aliphatic heterocycles. The third-order valence-corrected chi connectivity index (χ3v) is 2.92. The van der Waals surface area contributed by atoms with E-state index in [9.17, 15) is 0 Å². The van der Waals surface area contributed by atoms with Crippen LogP contribution < -0.4 is 10.5 Å². The van der Waals surface area contributed by atoms with Crippen molar-refractivity contribution in [1.29, 1.82) is 0 Å². The minimum atomic E-state index is 0.382. The van der Waals surface area contributed by atoms with E-state index in [-0.39, 0.29) is 0 Å². The number of hydrogen-bond donors (Lipinski definition) is 1. The van der Waals surface area contributed by atoms with Crippen molar-refractivity contribution in [3.05, 3.63) is 29.8 Å². The lowest BCUT2D eigenvalue weighted by Gasteiger charge is -2.19. The van der Waals surface area contributed by atoms with Crippen molar-refractivity contribution in [1.82, 2.24) is 4.90 Å². The number of hydrogen-bond acceptors (Lipinski definition) is 4. The zero-order chi connectivity index (χ0) is 14.6. The van der Waals surface area contributed by atoms with E-state index >= 15 is 0 Å². The molecule has 0 saturated carbocycles. The van der Waals surface area contributed by atoms with Gasteiger partial charge in [0.1, 0.15) is 12.4 Å². The second kappa shape index (κ2) is 10.3. The highest BCUT2D eigenvalue weighted by molar-refractivity contribution is 5.38. The van der Waals surface area contributed by atoms with E-state index in [1.165, 1.54) is 0 Å². The normalized spacial score (nSPS) is 10.2. The van der Waals surface area contributed by atoms with Gasteiger partial charge >= 0.3 is 0 Å². The third kappa shape index (κ3) is 6.58. The number of benzene rings is 1. The molecule has 1 aromatic carbocycles. The van der Waals surface area contributed by atoms with Crippen LogP contribution in [0.5, 0.6) is 5.75 Å². The molecule has 0 radical (unpaired) electrons. The number of rotatable bonds is 8. The van der Waals surface area contributed by atoms with Crippen LogP contribution in [0.2, 0.25) is 0 Å². The summed E-state index contributed by atoms with van der Waals surface area (Å²) in [5.74, 6) is 6.68. The van der Waals surface area contributed by atoms with Crippen LogP contribution in [-0.2, 0) is 4.74 Å². The molecule has 0 spiro atoms. The first kappa shape index (κ1) is 16.5. The fourth-order valence-electron chi connectivity index (χ4n) is 1.73. The average molecular weight is 276 g/mol. The standard InChI is InChI=1S/C16H24N2O2/c1-3-18(11-13-19-2)12-14-20-16-8-6-15(7-9-16)5-4-10-17/h6-9H,3,10-14,17H2,1-2H3. The summed E-state index contributed by atoms with van der Waals surface area (Å²) in [6.45, 7) is 6.78. The highest BCUT2D eigenvalue weighted by Gasteiger charge is 2.02. The van der Waals surface area contributed by atoms with Crippen molar-refractivity contribution in [3.63, 3.8) is 0 Å². The average Bonchev–Trinajstić information content (AvgIpc) is 2.49. The van der Waals surface area contributed by atoms with Crippen molar-refractivity contribution < 1.29 is 9.47 Å². The van der Waals surface area contributed by atoms with Gasteiger partial charge in [-0.1, -0.05) is 18.8 Å². The molecule has 110 valence electrons. The first-order valence-electron chi connectivity index (χ1n) is 6.93. The van der Waals surface area contributed by atoms with Crippen LogP contribution >= 0.6 is 0 Å². The minimum absolute atomic E-state index is 0.382. The van der Waals surface area contributed by atoms with E-state index in [1.54, 1.807) is 7.11 Å². The molecule has 0 fully saturated rings. The largest absolute Gasteiger partial charge is 0.492 e. The van der Waals surface area contributed by atoms with Gasteiger partial charge in [-0.2, -0.15) is 0 Å². The van der Waals surface area contributed by atoms with Crippen LogP contribution in [0.3, 0.4) is 0 Å². The van der Waals surface area contributed by atoms with Crippen LogP contribution in [0, 0.1) is 11.8 Å². The van der Waals surface area contributed by atoms with Crippen molar-refractivity contribution in [2.45, 2.75) is 6.92 Å². The Hall–Kier alpha value is -1.54. The quantitative estimate of drug-likeness (QED) is 0.728. The van der Waals surface area contributed by atoms with Gasteiger partial charge in [0.25, 0.3) is 0 Å².